The molecule has 0 aromatic rings. The van der Waals surface area contributed by atoms with Gasteiger partial charge in [-0.2, -0.15) is 0 Å². The number of hydrogen-bond acceptors (Lipinski definition) is 3. The topological polar surface area (TPSA) is 24.5 Å². The predicted octanol–water partition coefficient (Wildman–Crippen LogP) is 2.12. The summed E-state index contributed by atoms with van der Waals surface area (Å²) in [5, 5.41) is 3.51. The largest absolute Gasteiger partial charge is 0.378 e. The molecule has 0 saturated carbocycles. The third kappa shape index (κ3) is 6.39. The number of likely N-dealkylation sites (tertiary alicyclic amines) is 1. The van der Waals surface area contributed by atoms with E-state index in [1.54, 1.807) is 0 Å². The lowest BCUT2D eigenvalue weighted by Crippen LogP contribution is -2.41. The molecule has 1 N–H and O–H groups in total. The number of nitrogens with zero attached hydrogens (tertiary/aromatic N) is 1. The summed E-state index contributed by atoms with van der Waals surface area (Å²) in [5.41, 5.74) is 0. The van der Waals surface area contributed by atoms with Gasteiger partial charge < -0.3 is 15.0 Å². The fourth-order valence-electron chi connectivity index (χ4n) is 2.44. The van der Waals surface area contributed by atoms with Crippen molar-refractivity contribution in [2.75, 3.05) is 32.8 Å². The fraction of sp³-hybridized carbons (Fsp3) is 1.00. The van der Waals surface area contributed by atoms with Gasteiger partial charge in [0.1, 0.15) is 0 Å². The van der Waals surface area contributed by atoms with Gasteiger partial charge in [0.05, 0.1) is 6.10 Å². The van der Waals surface area contributed by atoms with E-state index in [9.17, 15) is 0 Å². The van der Waals surface area contributed by atoms with E-state index in [2.05, 4.69) is 37.9 Å². The van der Waals surface area contributed by atoms with E-state index in [4.69, 9.17) is 4.74 Å². The normalized spacial score (nSPS) is 21.0. The van der Waals surface area contributed by atoms with Gasteiger partial charge in [-0.15, -0.1) is 0 Å². The molecule has 1 aliphatic heterocycles. The van der Waals surface area contributed by atoms with Crippen LogP contribution in [0.2, 0.25) is 0 Å². The van der Waals surface area contributed by atoms with Crippen LogP contribution in [0.25, 0.3) is 0 Å². The first-order chi connectivity index (χ1) is 8.11. The van der Waals surface area contributed by atoms with Crippen molar-refractivity contribution in [2.24, 2.45) is 5.92 Å². The Morgan fingerprint density at radius 1 is 1.24 bits per heavy atom. The maximum atomic E-state index is 5.68. The zero-order valence-electron chi connectivity index (χ0n) is 12.0. The summed E-state index contributed by atoms with van der Waals surface area (Å²) in [4.78, 5) is 2.59. The Labute approximate surface area is 107 Å². The van der Waals surface area contributed by atoms with Crippen LogP contribution >= 0.6 is 0 Å². The van der Waals surface area contributed by atoms with E-state index in [1.807, 2.05) is 0 Å². The Bertz CT molecular complexity index is 189. The molecule has 1 atom stereocenters. The Balaban J connectivity index is 2.12. The first-order valence-corrected chi connectivity index (χ1v) is 7.19. The highest BCUT2D eigenvalue weighted by atomic mass is 16.5. The second-order valence-electron chi connectivity index (χ2n) is 5.62. The molecule has 17 heavy (non-hydrogen) atoms. The van der Waals surface area contributed by atoms with Crippen LogP contribution in [0.3, 0.4) is 0 Å². The van der Waals surface area contributed by atoms with Gasteiger partial charge in [-0.25, -0.2) is 0 Å². The molecule has 0 aromatic carbocycles. The summed E-state index contributed by atoms with van der Waals surface area (Å²) in [6.07, 6.45) is 2.93. The van der Waals surface area contributed by atoms with Gasteiger partial charge in [-0.05, 0) is 32.2 Å². The molecule has 1 saturated heterocycles. The van der Waals surface area contributed by atoms with E-state index in [-0.39, 0.29) is 0 Å². The highest BCUT2D eigenvalue weighted by molar-refractivity contribution is 4.74. The van der Waals surface area contributed by atoms with Crippen molar-refractivity contribution in [1.29, 1.82) is 0 Å². The molecule has 1 aliphatic rings. The summed E-state index contributed by atoms with van der Waals surface area (Å²) in [7, 11) is 0. The van der Waals surface area contributed by atoms with E-state index >= 15 is 0 Å². The lowest BCUT2D eigenvalue weighted by atomic mass is 10.1. The Hall–Kier alpha value is -0.120. The summed E-state index contributed by atoms with van der Waals surface area (Å²) in [6, 6.07) is 0.598. The van der Waals surface area contributed by atoms with Crippen LogP contribution in [-0.4, -0.2) is 49.8 Å². The average molecular weight is 242 g/mol. The van der Waals surface area contributed by atoms with Gasteiger partial charge in [0.15, 0.2) is 0 Å². The minimum absolute atomic E-state index is 0.514. The number of ether oxygens (including phenoxy) is 1. The molecule has 0 radical (unpaired) electrons. The number of hydrogen-bond donors (Lipinski definition) is 1. The molecule has 3 nitrogen and oxygen atoms in total. The van der Waals surface area contributed by atoms with Crippen molar-refractivity contribution >= 4 is 0 Å². The Kier molecular flexibility index (Phi) is 7.09. The van der Waals surface area contributed by atoms with Crippen LogP contribution in [0.15, 0.2) is 0 Å². The molecular formula is C14H30N2O. The highest BCUT2D eigenvalue weighted by Gasteiger charge is 2.20. The third-order valence-electron chi connectivity index (χ3n) is 3.38. The van der Waals surface area contributed by atoms with Gasteiger partial charge in [0.2, 0.25) is 0 Å². The van der Waals surface area contributed by atoms with Crippen LogP contribution in [0, 0.1) is 5.92 Å². The predicted molar refractivity (Wildman–Crippen MR) is 73.4 cm³/mol. The third-order valence-corrected chi connectivity index (χ3v) is 3.38. The lowest BCUT2D eigenvalue weighted by Gasteiger charge is -2.33. The SMILES string of the molecule is CCOC1CCN(CC(C)CNC(C)C)CC1. The maximum absolute atomic E-state index is 5.68. The van der Waals surface area contributed by atoms with Gasteiger partial charge in [0, 0.05) is 32.3 Å². The van der Waals surface area contributed by atoms with Crippen LogP contribution in [-0.2, 0) is 4.74 Å². The first kappa shape index (κ1) is 14.9. The van der Waals surface area contributed by atoms with Gasteiger partial charge in [-0.1, -0.05) is 20.8 Å². The maximum Gasteiger partial charge on any atom is 0.0599 e. The van der Waals surface area contributed by atoms with Gasteiger partial charge >= 0.3 is 0 Å². The van der Waals surface area contributed by atoms with Crippen LogP contribution in [0.5, 0.6) is 0 Å². The summed E-state index contributed by atoms with van der Waals surface area (Å²) in [5.74, 6) is 0.737. The molecule has 1 rings (SSSR count). The van der Waals surface area contributed by atoms with Crippen molar-refractivity contribution in [3.05, 3.63) is 0 Å². The van der Waals surface area contributed by atoms with Crippen LogP contribution in [0.1, 0.15) is 40.5 Å². The second kappa shape index (κ2) is 8.06. The van der Waals surface area contributed by atoms with Crippen molar-refractivity contribution in [2.45, 2.75) is 52.7 Å². The van der Waals surface area contributed by atoms with E-state index in [0.29, 0.717) is 12.1 Å². The molecule has 1 fully saturated rings. The molecule has 1 heterocycles. The molecule has 0 aliphatic carbocycles. The summed E-state index contributed by atoms with van der Waals surface area (Å²) >= 11 is 0. The molecule has 0 spiro atoms. The van der Waals surface area contributed by atoms with Crippen LogP contribution in [0.4, 0.5) is 0 Å². The number of nitrogens with one attached hydrogen (secondary N) is 1. The van der Waals surface area contributed by atoms with E-state index in [1.165, 1.54) is 32.5 Å². The summed E-state index contributed by atoms with van der Waals surface area (Å²) < 4.78 is 5.68. The lowest BCUT2D eigenvalue weighted by molar-refractivity contribution is 0.0115. The molecular weight excluding hydrogens is 212 g/mol. The second-order valence-corrected chi connectivity index (χ2v) is 5.62. The fourth-order valence-corrected chi connectivity index (χ4v) is 2.44. The Morgan fingerprint density at radius 2 is 1.88 bits per heavy atom. The van der Waals surface area contributed by atoms with Crippen LogP contribution < -0.4 is 5.32 Å². The quantitative estimate of drug-likeness (QED) is 0.740. The van der Waals surface area contributed by atoms with Crippen molar-refractivity contribution in [3.63, 3.8) is 0 Å². The monoisotopic (exact) mass is 242 g/mol. The smallest absolute Gasteiger partial charge is 0.0599 e. The zero-order valence-corrected chi connectivity index (χ0v) is 12.0. The Morgan fingerprint density at radius 3 is 2.41 bits per heavy atom. The molecule has 3 heteroatoms. The molecule has 102 valence electrons. The number of piperidine rings is 1. The summed E-state index contributed by atoms with van der Waals surface area (Å²) in [6.45, 7) is 14.5. The minimum atomic E-state index is 0.514. The number of rotatable bonds is 7. The minimum Gasteiger partial charge on any atom is -0.378 e. The molecule has 1 unspecified atom stereocenters. The molecule has 0 bridgehead atoms. The van der Waals surface area contributed by atoms with Crippen molar-refractivity contribution in [1.82, 2.24) is 10.2 Å². The van der Waals surface area contributed by atoms with Crippen molar-refractivity contribution in [3.8, 4) is 0 Å². The van der Waals surface area contributed by atoms with E-state index in [0.717, 1.165) is 19.1 Å². The van der Waals surface area contributed by atoms with E-state index < -0.39 is 0 Å². The van der Waals surface area contributed by atoms with Gasteiger partial charge in [0.25, 0.3) is 0 Å². The highest BCUT2D eigenvalue weighted by Crippen LogP contribution is 2.14. The standard InChI is InChI=1S/C14H30N2O/c1-5-17-14-6-8-16(9-7-14)11-13(4)10-15-12(2)3/h12-15H,5-11H2,1-4H3. The average Bonchev–Trinajstić information content (AvgIpc) is 2.29. The molecule has 0 amide bonds. The molecule has 0 aromatic heterocycles. The zero-order chi connectivity index (χ0) is 12.7. The first-order valence-electron chi connectivity index (χ1n) is 7.19. The van der Waals surface area contributed by atoms with Gasteiger partial charge in [-0.3, -0.25) is 0 Å². The van der Waals surface area contributed by atoms with Crippen molar-refractivity contribution < 1.29 is 4.74 Å².